The zero-order valence-electron chi connectivity index (χ0n) is 10.0. The molecule has 1 unspecified atom stereocenters. The molecule has 1 aromatic carbocycles. The molecule has 1 atom stereocenters. The second-order valence-corrected chi connectivity index (χ2v) is 4.36. The third-order valence-corrected chi connectivity index (χ3v) is 3.01. The van der Waals surface area contributed by atoms with Crippen LogP contribution in [0.2, 0.25) is 0 Å². The molecule has 1 aliphatic rings. The highest BCUT2D eigenvalue weighted by Crippen LogP contribution is 2.21. The molecule has 7 heteroatoms. The fraction of sp³-hybridized carbons (Fsp3) is 0.333. The van der Waals surface area contributed by atoms with E-state index in [4.69, 9.17) is 5.73 Å². The molecule has 1 heterocycles. The van der Waals surface area contributed by atoms with Crippen LogP contribution in [0.5, 0.6) is 0 Å². The average molecular weight is 269 g/mol. The maximum atomic E-state index is 13.5. The molecule has 4 N–H and O–H groups in total. The van der Waals surface area contributed by atoms with Crippen molar-refractivity contribution in [2.75, 3.05) is 18.4 Å². The fourth-order valence-corrected chi connectivity index (χ4v) is 1.95. The lowest BCUT2D eigenvalue weighted by atomic mass is 10.1. The van der Waals surface area contributed by atoms with Gasteiger partial charge in [-0.2, -0.15) is 0 Å². The van der Waals surface area contributed by atoms with E-state index in [9.17, 15) is 18.4 Å². The van der Waals surface area contributed by atoms with Crippen molar-refractivity contribution in [3.05, 3.63) is 29.3 Å². The fourth-order valence-electron chi connectivity index (χ4n) is 1.95. The van der Waals surface area contributed by atoms with Crippen LogP contribution < -0.4 is 16.4 Å². The molecular weight excluding hydrogens is 256 g/mol. The van der Waals surface area contributed by atoms with Gasteiger partial charge in [0.1, 0.15) is 11.6 Å². The highest BCUT2D eigenvalue weighted by atomic mass is 19.1. The number of hydrogen-bond acceptors (Lipinski definition) is 3. The van der Waals surface area contributed by atoms with Crippen LogP contribution in [0.4, 0.5) is 14.5 Å². The number of rotatable bonds is 3. The van der Waals surface area contributed by atoms with Crippen molar-refractivity contribution in [1.82, 2.24) is 5.32 Å². The molecule has 1 aliphatic heterocycles. The molecular formula is C12H13F2N3O2. The lowest BCUT2D eigenvalue weighted by molar-refractivity contribution is -0.119. The number of amides is 2. The molecule has 19 heavy (non-hydrogen) atoms. The minimum absolute atomic E-state index is 0.243. The van der Waals surface area contributed by atoms with Crippen LogP contribution in [0.1, 0.15) is 16.8 Å². The lowest BCUT2D eigenvalue weighted by Crippen LogP contribution is -2.25. The summed E-state index contributed by atoms with van der Waals surface area (Å²) in [5.41, 5.74) is 4.26. The average Bonchev–Trinajstić information content (AvgIpc) is 2.85. The van der Waals surface area contributed by atoms with Gasteiger partial charge in [-0.05, 0) is 19.0 Å². The first-order chi connectivity index (χ1) is 8.99. The number of anilines is 1. The van der Waals surface area contributed by atoms with Crippen LogP contribution in [0.3, 0.4) is 0 Å². The topological polar surface area (TPSA) is 84.2 Å². The van der Waals surface area contributed by atoms with Gasteiger partial charge in [0.25, 0.3) is 5.91 Å². The van der Waals surface area contributed by atoms with Gasteiger partial charge in [0.2, 0.25) is 5.91 Å². The second kappa shape index (κ2) is 5.31. The largest absolute Gasteiger partial charge is 0.366 e. The molecule has 5 nitrogen and oxygen atoms in total. The van der Waals surface area contributed by atoms with Gasteiger partial charge in [-0.1, -0.05) is 0 Å². The smallest absolute Gasteiger partial charge is 0.251 e. The van der Waals surface area contributed by atoms with Crippen LogP contribution >= 0.6 is 0 Å². The molecule has 0 aromatic heterocycles. The molecule has 0 radical (unpaired) electrons. The maximum Gasteiger partial charge on any atom is 0.251 e. The first kappa shape index (κ1) is 13.4. The highest BCUT2D eigenvalue weighted by Gasteiger charge is 2.24. The predicted molar refractivity (Wildman–Crippen MR) is 64.5 cm³/mol. The summed E-state index contributed by atoms with van der Waals surface area (Å²) in [5.74, 6) is -3.64. The number of benzene rings is 1. The quantitative estimate of drug-likeness (QED) is 0.751. The van der Waals surface area contributed by atoms with E-state index in [1.807, 2.05) is 0 Å². The minimum atomic E-state index is -1.05. The Hall–Kier alpha value is -2.02. The zero-order chi connectivity index (χ0) is 14.0. The number of carbonyl (C=O) groups is 2. The van der Waals surface area contributed by atoms with Gasteiger partial charge in [0.05, 0.1) is 17.2 Å². The van der Waals surface area contributed by atoms with Gasteiger partial charge in [-0.15, -0.1) is 0 Å². The number of nitrogens with one attached hydrogen (secondary N) is 2. The highest BCUT2D eigenvalue weighted by molar-refractivity contribution is 5.97. The first-order valence-corrected chi connectivity index (χ1v) is 5.79. The van der Waals surface area contributed by atoms with E-state index in [0.29, 0.717) is 19.0 Å². The van der Waals surface area contributed by atoms with Crippen LogP contribution in [0.25, 0.3) is 0 Å². The third-order valence-electron chi connectivity index (χ3n) is 3.01. The Kier molecular flexibility index (Phi) is 3.75. The summed E-state index contributed by atoms with van der Waals surface area (Å²) < 4.78 is 26.8. The first-order valence-electron chi connectivity index (χ1n) is 5.79. The standard InChI is InChI=1S/C12H13F2N3O2/c13-8-4-9(14)10(3-7(8)11(15)18)17-12(19)6-1-2-16-5-6/h3-4,6,16H,1-2,5H2,(H2,15,18)(H,17,19). The molecule has 1 fully saturated rings. The molecule has 1 aromatic rings. The van der Waals surface area contributed by atoms with Crippen molar-refractivity contribution in [1.29, 1.82) is 0 Å². The van der Waals surface area contributed by atoms with Crippen molar-refractivity contribution in [3.63, 3.8) is 0 Å². The van der Waals surface area contributed by atoms with Crippen molar-refractivity contribution in [2.45, 2.75) is 6.42 Å². The molecule has 0 saturated carbocycles. The molecule has 102 valence electrons. The summed E-state index contributed by atoms with van der Waals surface area (Å²) in [5, 5.41) is 5.35. The van der Waals surface area contributed by atoms with Crippen LogP contribution in [0, 0.1) is 17.6 Å². The molecule has 1 saturated heterocycles. The number of hydrogen-bond donors (Lipinski definition) is 3. The Labute approximate surface area is 108 Å². The van der Waals surface area contributed by atoms with Crippen molar-refractivity contribution in [3.8, 4) is 0 Å². The van der Waals surface area contributed by atoms with Crippen molar-refractivity contribution in [2.24, 2.45) is 11.7 Å². The zero-order valence-corrected chi connectivity index (χ0v) is 10.0. The van der Waals surface area contributed by atoms with Crippen LogP contribution in [-0.4, -0.2) is 24.9 Å². The van der Waals surface area contributed by atoms with E-state index in [-0.39, 0.29) is 17.5 Å². The maximum absolute atomic E-state index is 13.5. The molecule has 2 rings (SSSR count). The Balaban J connectivity index is 2.21. The number of carbonyl (C=O) groups excluding carboxylic acids is 2. The van der Waals surface area contributed by atoms with Gasteiger partial charge in [0, 0.05) is 12.6 Å². The predicted octanol–water partition coefficient (Wildman–Crippen LogP) is 0.612. The lowest BCUT2D eigenvalue weighted by Gasteiger charge is -2.11. The minimum Gasteiger partial charge on any atom is -0.366 e. The monoisotopic (exact) mass is 269 g/mol. The normalized spacial score (nSPS) is 18.3. The van der Waals surface area contributed by atoms with Gasteiger partial charge in [-0.25, -0.2) is 8.78 Å². The second-order valence-electron chi connectivity index (χ2n) is 4.36. The van der Waals surface area contributed by atoms with Gasteiger partial charge in [-0.3, -0.25) is 9.59 Å². The van der Waals surface area contributed by atoms with Gasteiger partial charge >= 0.3 is 0 Å². The van der Waals surface area contributed by atoms with Crippen LogP contribution in [0.15, 0.2) is 12.1 Å². The van der Waals surface area contributed by atoms with E-state index >= 15 is 0 Å². The summed E-state index contributed by atoms with van der Waals surface area (Å²) in [4.78, 5) is 22.8. The Bertz CT molecular complexity index is 528. The van der Waals surface area contributed by atoms with E-state index in [1.54, 1.807) is 0 Å². The van der Waals surface area contributed by atoms with Gasteiger partial charge < -0.3 is 16.4 Å². The summed E-state index contributed by atoms with van der Waals surface area (Å²) in [6.45, 7) is 1.23. The molecule has 0 aliphatic carbocycles. The Morgan fingerprint density at radius 3 is 2.63 bits per heavy atom. The third kappa shape index (κ3) is 2.87. The summed E-state index contributed by atoms with van der Waals surface area (Å²) in [6, 6.07) is 1.44. The molecule has 0 bridgehead atoms. The number of nitrogens with two attached hydrogens (primary N) is 1. The van der Waals surface area contributed by atoms with E-state index in [1.165, 1.54) is 0 Å². The van der Waals surface area contributed by atoms with Crippen molar-refractivity contribution >= 4 is 17.5 Å². The Morgan fingerprint density at radius 1 is 1.32 bits per heavy atom. The van der Waals surface area contributed by atoms with Gasteiger partial charge in [0.15, 0.2) is 0 Å². The number of primary amides is 1. The van der Waals surface area contributed by atoms with E-state index < -0.39 is 23.1 Å². The summed E-state index contributed by atoms with van der Waals surface area (Å²) in [7, 11) is 0. The Morgan fingerprint density at radius 2 is 2.05 bits per heavy atom. The summed E-state index contributed by atoms with van der Waals surface area (Å²) in [6.07, 6.45) is 0.650. The van der Waals surface area contributed by atoms with E-state index in [2.05, 4.69) is 10.6 Å². The van der Waals surface area contributed by atoms with E-state index in [0.717, 1.165) is 12.6 Å². The molecule has 0 spiro atoms. The molecule has 2 amide bonds. The van der Waals surface area contributed by atoms with Crippen LogP contribution in [-0.2, 0) is 4.79 Å². The number of halogens is 2. The van der Waals surface area contributed by atoms with Crippen molar-refractivity contribution < 1.29 is 18.4 Å². The SMILES string of the molecule is NC(=O)c1cc(NC(=O)C2CCNC2)c(F)cc1F. The summed E-state index contributed by atoms with van der Waals surface area (Å²) >= 11 is 0.